The SMILES string of the molecule is CCc1cc(CNC(=NC)NC(C)c2ccc(C)o2)on1.I. The molecule has 2 heterocycles. The summed E-state index contributed by atoms with van der Waals surface area (Å²) in [6, 6.07) is 5.89. The van der Waals surface area contributed by atoms with Gasteiger partial charge >= 0.3 is 0 Å². The van der Waals surface area contributed by atoms with Gasteiger partial charge in [0.25, 0.3) is 0 Å². The Kier molecular flexibility index (Phi) is 7.43. The number of guanidine groups is 1. The number of nitrogens with one attached hydrogen (secondary N) is 2. The van der Waals surface area contributed by atoms with Crippen LogP contribution in [0, 0.1) is 6.92 Å². The fourth-order valence-corrected chi connectivity index (χ4v) is 1.93. The molecule has 0 aliphatic rings. The highest BCUT2D eigenvalue weighted by atomic mass is 127. The van der Waals surface area contributed by atoms with Crippen LogP contribution in [0.4, 0.5) is 0 Å². The summed E-state index contributed by atoms with van der Waals surface area (Å²) in [6.45, 7) is 6.53. The molecule has 0 fully saturated rings. The number of aliphatic imine (C=N–C) groups is 1. The van der Waals surface area contributed by atoms with Crippen molar-refractivity contribution in [3.63, 3.8) is 0 Å². The molecular formula is C15H23IN4O2. The van der Waals surface area contributed by atoms with Crippen molar-refractivity contribution in [1.29, 1.82) is 0 Å². The lowest BCUT2D eigenvalue weighted by Gasteiger charge is -2.15. The van der Waals surface area contributed by atoms with Crippen LogP contribution in [0.5, 0.6) is 0 Å². The number of hydrogen-bond donors (Lipinski definition) is 2. The summed E-state index contributed by atoms with van der Waals surface area (Å²) in [5, 5.41) is 10.4. The fraction of sp³-hybridized carbons (Fsp3) is 0.467. The van der Waals surface area contributed by atoms with Gasteiger partial charge in [-0.05, 0) is 32.4 Å². The number of aromatic nitrogens is 1. The highest BCUT2D eigenvalue weighted by Crippen LogP contribution is 2.15. The van der Waals surface area contributed by atoms with E-state index in [-0.39, 0.29) is 30.0 Å². The molecule has 0 aliphatic carbocycles. The van der Waals surface area contributed by atoms with Crippen molar-refractivity contribution in [3.8, 4) is 0 Å². The van der Waals surface area contributed by atoms with Crippen LogP contribution in [0.2, 0.25) is 0 Å². The van der Waals surface area contributed by atoms with Gasteiger partial charge in [-0.25, -0.2) is 0 Å². The van der Waals surface area contributed by atoms with Gasteiger partial charge in [-0.3, -0.25) is 4.99 Å². The second kappa shape index (κ2) is 8.82. The van der Waals surface area contributed by atoms with Crippen LogP contribution in [-0.2, 0) is 13.0 Å². The van der Waals surface area contributed by atoms with E-state index in [9.17, 15) is 0 Å². The molecule has 2 rings (SSSR count). The highest BCUT2D eigenvalue weighted by molar-refractivity contribution is 14.0. The summed E-state index contributed by atoms with van der Waals surface area (Å²) in [4.78, 5) is 4.19. The fourth-order valence-electron chi connectivity index (χ4n) is 1.93. The molecule has 22 heavy (non-hydrogen) atoms. The Labute approximate surface area is 147 Å². The molecule has 0 spiro atoms. The zero-order valence-corrected chi connectivity index (χ0v) is 15.7. The summed E-state index contributed by atoms with van der Waals surface area (Å²) in [6.07, 6.45) is 0.866. The third kappa shape index (κ3) is 5.04. The van der Waals surface area contributed by atoms with E-state index >= 15 is 0 Å². The summed E-state index contributed by atoms with van der Waals surface area (Å²) in [5.74, 6) is 3.25. The molecule has 0 radical (unpaired) electrons. The van der Waals surface area contributed by atoms with E-state index in [0.717, 1.165) is 29.4 Å². The van der Waals surface area contributed by atoms with E-state index in [1.165, 1.54) is 0 Å². The summed E-state index contributed by atoms with van der Waals surface area (Å²) < 4.78 is 10.8. The Hall–Kier alpha value is -1.51. The lowest BCUT2D eigenvalue weighted by Crippen LogP contribution is -2.38. The molecule has 0 saturated carbocycles. The number of furan rings is 1. The summed E-state index contributed by atoms with van der Waals surface area (Å²) in [5.41, 5.74) is 0.953. The third-order valence-corrected chi connectivity index (χ3v) is 3.16. The third-order valence-electron chi connectivity index (χ3n) is 3.16. The molecule has 2 aromatic heterocycles. The standard InChI is InChI=1S/C15H22N4O2.HI/c1-5-12-8-13(21-19-12)9-17-15(16-4)18-11(3)14-7-6-10(2)20-14;/h6-8,11H,5,9H2,1-4H3,(H2,16,17,18);1H. The van der Waals surface area contributed by atoms with Crippen molar-refractivity contribution in [1.82, 2.24) is 15.8 Å². The normalized spacial score (nSPS) is 12.6. The van der Waals surface area contributed by atoms with Gasteiger partial charge in [0.15, 0.2) is 11.7 Å². The molecular weight excluding hydrogens is 395 g/mol. The molecule has 0 bridgehead atoms. The molecule has 122 valence electrons. The summed E-state index contributed by atoms with van der Waals surface area (Å²) >= 11 is 0. The number of rotatable bonds is 5. The maximum atomic E-state index is 5.60. The predicted octanol–water partition coefficient (Wildman–Crippen LogP) is 3.18. The molecule has 0 saturated heterocycles. The topological polar surface area (TPSA) is 75.6 Å². The van der Waals surface area contributed by atoms with E-state index in [0.29, 0.717) is 12.5 Å². The first kappa shape index (κ1) is 18.5. The Bertz CT molecular complexity index is 606. The smallest absolute Gasteiger partial charge is 0.191 e. The molecule has 6 nitrogen and oxygen atoms in total. The first-order valence-electron chi connectivity index (χ1n) is 7.10. The second-order valence-electron chi connectivity index (χ2n) is 4.88. The van der Waals surface area contributed by atoms with Crippen molar-refractivity contribution >= 4 is 29.9 Å². The summed E-state index contributed by atoms with van der Waals surface area (Å²) in [7, 11) is 1.73. The van der Waals surface area contributed by atoms with E-state index in [1.54, 1.807) is 7.05 Å². The van der Waals surface area contributed by atoms with Crippen LogP contribution < -0.4 is 10.6 Å². The molecule has 0 aliphatic heterocycles. The Balaban J connectivity index is 0.00000242. The molecule has 2 aromatic rings. The minimum Gasteiger partial charge on any atom is -0.464 e. The van der Waals surface area contributed by atoms with Crippen LogP contribution in [0.25, 0.3) is 0 Å². The maximum Gasteiger partial charge on any atom is 0.191 e. The van der Waals surface area contributed by atoms with Gasteiger partial charge in [0.2, 0.25) is 0 Å². The van der Waals surface area contributed by atoms with Gasteiger partial charge in [-0.2, -0.15) is 0 Å². The van der Waals surface area contributed by atoms with Crippen LogP contribution in [-0.4, -0.2) is 18.2 Å². The second-order valence-corrected chi connectivity index (χ2v) is 4.88. The van der Waals surface area contributed by atoms with Crippen LogP contribution in [0.1, 0.15) is 42.9 Å². The lowest BCUT2D eigenvalue weighted by molar-refractivity contribution is 0.374. The quantitative estimate of drug-likeness (QED) is 0.443. The molecule has 7 heteroatoms. The average molecular weight is 418 g/mol. The number of halogens is 1. The minimum atomic E-state index is 0. The van der Waals surface area contributed by atoms with Crippen molar-refractivity contribution in [2.75, 3.05) is 7.05 Å². The van der Waals surface area contributed by atoms with Crippen molar-refractivity contribution < 1.29 is 8.94 Å². The molecule has 0 amide bonds. The van der Waals surface area contributed by atoms with E-state index < -0.39 is 0 Å². The van der Waals surface area contributed by atoms with Crippen LogP contribution in [0.3, 0.4) is 0 Å². The Morgan fingerprint density at radius 3 is 2.73 bits per heavy atom. The lowest BCUT2D eigenvalue weighted by atomic mass is 10.2. The van der Waals surface area contributed by atoms with Gasteiger partial charge in [-0.1, -0.05) is 12.1 Å². The number of aryl methyl sites for hydroxylation is 2. The predicted molar refractivity (Wildman–Crippen MR) is 96.5 cm³/mol. The van der Waals surface area contributed by atoms with E-state index in [1.807, 2.05) is 39.0 Å². The van der Waals surface area contributed by atoms with Gasteiger partial charge in [0.1, 0.15) is 11.5 Å². The van der Waals surface area contributed by atoms with E-state index in [2.05, 4.69) is 20.8 Å². The highest BCUT2D eigenvalue weighted by Gasteiger charge is 2.11. The van der Waals surface area contributed by atoms with Crippen LogP contribution in [0.15, 0.2) is 32.1 Å². The van der Waals surface area contributed by atoms with E-state index in [4.69, 9.17) is 8.94 Å². The van der Waals surface area contributed by atoms with Gasteiger partial charge in [-0.15, -0.1) is 24.0 Å². The molecule has 1 atom stereocenters. The zero-order chi connectivity index (χ0) is 15.2. The first-order chi connectivity index (χ1) is 10.1. The Morgan fingerprint density at radius 1 is 1.41 bits per heavy atom. The molecule has 2 N–H and O–H groups in total. The maximum absolute atomic E-state index is 5.60. The van der Waals surface area contributed by atoms with Crippen molar-refractivity contribution in [3.05, 3.63) is 41.2 Å². The average Bonchev–Trinajstić information content (AvgIpc) is 3.11. The van der Waals surface area contributed by atoms with Crippen molar-refractivity contribution in [2.24, 2.45) is 4.99 Å². The zero-order valence-electron chi connectivity index (χ0n) is 13.3. The number of hydrogen-bond acceptors (Lipinski definition) is 4. The van der Waals surface area contributed by atoms with Gasteiger partial charge in [0.05, 0.1) is 18.3 Å². The molecule has 1 unspecified atom stereocenters. The monoisotopic (exact) mass is 418 g/mol. The first-order valence-corrected chi connectivity index (χ1v) is 7.10. The molecule has 0 aromatic carbocycles. The van der Waals surface area contributed by atoms with Crippen molar-refractivity contribution in [2.45, 2.75) is 39.8 Å². The number of nitrogens with zero attached hydrogens (tertiary/aromatic N) is 2. The minimum absolute atomic E-state index is 0. The largest absolute Gasteiger partial charge is 0.464 e. The van der Waals surface area contributed by atoms with Gasteiger partial charge < -0.3 is 19.6 Å². The van der Waals surface area contributed by atoms with Crippen LogP contribution >= 0.6 is 24.0 Å². The Morgan fingerprint density at radius 2 is 2.18 bits per heavy atom. The van der Waals surface area contributed by atoms with Gasteiger partial charge in [0, 0.05) is 13.1 Å².